The van der Waals surface area contributed by atoms with Gasteiger partial charge < -0.3 is 5.32 Å². The number of nitrogens with one attached hydrogen (secondary N) is 2. The molecule has 0 spiro atoms. The molecule has 1 aliphatic heterocycles. The van der Waals surface area contributed by atoms with Crippen molar-refractivity contribution in [3.63, 3.8) is 0 Å². The Bertz CT molecular complexity index is 795. The molecule has 142 valence electrons. The van der Waals surface area contributed by atoms with Crippen molar-refractivity contribution in [1.82, 2.24) is 15.4 Å². The molecule has 2 aromatic rings. The molecule has 27 heavy (non-hydrogen) atoms. The molecule has 1 atom stereocenters. The first-order valence-electron chi connectivity index (χ1n) is 8.94. The SMILES string of the molecule is O=C(C=Cc1ccc(N[C@@H]2CCCN(Cc3ccccc3Cl)C2)nc1)NO. The minimum atomic E-state index is -0.571. The Morgan fingerprint density at radius 1 is 1.33 bits per heavy atom. The number of rotatable bonds is 6. The molecule has 1 aromatic heterocycles. The first-order valence-corrected chi connectivity index (χ1v) is 9.32. The van der Waals surface area contributed by atoms with E-state index in [9.17, 15) is 4.79 Å². The van der Waals surface area contributed by atoms with Crippen molar-refractivity contribution in [1.29, 1.82) is 0 Å². The molecule has 6 nitrogen and oxygen atoms in total. The fourth-order valence-corrected chi connectivity index (χ4v) is 3.39. The predicted molar refractivity (Wildman–Crippen MR) is 107 cm³/mol. The van der Waals surface area contributed by atoms with Gasteiger partial charge in [0.25, 0.3) is 5.91 Å². The summed E-state index contributed by atoms with van der Waals surface area (Å²) in [5.74, 6) is 0.237. The molecule has 2 heterocycles. The fourth-order valence-electron chi connectivity index (χ4n) is 3.19. The van der Waals surface area contributed by atoms with Gasteiger partial charge in [0.05, 0.1) is 0 Å². The normalized spacial score (nSPS) is 17.8. The number of carbonyl (C=O) groups is 1. The Morgan fingerprint density at radius 3 is 2.93 bits per heavy atom. The zero-order valence-corrected chi connectivity index (χ0v) is 15.7. The molecule has 0 saturated carbocycles. The lowest BCUT2D eigenvalue weighted by Gasteiger charge is -2.33. The van der Waals surface area contributed by atoms with Crippen molar-refractivity contribution < 1.29 is 10.0 Å². The standard InChI is InChI=1S/C20H23ClN4O2/c21-18-6-2-1-4-16(18)13-25-11-3-5-17(14-25)23-19-9-7-15(12-22-19)8-10-20(26)24-27/h1-2,4,6-10,12,17,27H,3,5,11,13-14H2,(H,22,23)(H,24,26)/t17-/m1/s1. The molecule has 3 rings (SSSR count). The number of benzene rings is 1. The van der Waals surface area contributed by atoms with Gasteiger partial charge in [-0.1, -0.05) is 29.8 Å². The van der Waals surface area contributed by atoms with E-state index in [0.29, 0.717) is 6.04 Å². The molecule has 0 unspecified atom stereocenters. The van der Waals surface area contributed by atoms with Gasteiger partial charge in [-0.25, -0.2) is 10.5 Å². The maximum absolute atomic E-state index is 11.0. The maximum Gasteiger partial charge on any atom is 0.267 e. The van der Waals surface area contributed by atoms with Gasteiger partial charge in [-0.15, -0.1) is 0 Å². The highest BCUT2D eigenvalue weighted by Crippen LogP contribution is 2.21. The summed E-state index contributed by atoms with van der Waals surface area (Å²) in [6, 6.07) is 12.1. The van der Waals surface area contributed by atoms with Crippen molar-refractivity contribution >= 4 is 29.4 Å². The third kappa shape index (κ3) is 5.79. The van der Waals surface area contributed by atoms with Crippen LogP contribution < -0.4 is 10.8 Å². The van der Waals surface area contributed by atoms with Crippen LogP contribution in [0.1, 0.15) is 24.0 Å². The van der Waals surface area contributed by atoms with Gasteiger partial charge >= 0.3 is 0 Å². The van der Waals surface area contributed by atoms with Crippen LogP contribution in [-0.4, -0.2) is 40.1 Å². The van der Waals surface area contributed by atoms with Gasteiger partial charge in [-0.3, -0.25) is 14.9 Å². The van der Waals surface area contributed by atoms with Crippen molar-refractivity contribution in [2.24, 2.45) is 0 Å². The van der Waals surface area contributed by atoms with Gasteiger partial charge in [-0.2, -0.15) is 0 Å². The van der Waals surface area contributed by atoms with E-state index < -0.39 is 5.91 Å². The quantitative estimate of drug-likeness (QED) is 0.403. The second kappa shape index (κ2) is 9.50. The van der Waals surface area contributed by atoms with E-state index in [0.717, 1.165) is 54.4 Å². The van der Waals surface area contributed by atoms with E-state index >= 15 is 0 Å². The van der Waals surface area contributed by atoms with E-state index in [4.69, 9.17) is 16.8 Å². The minimum Gasteiger partial charge on any atom is -0.366 e. The summed E-state index contributed by atoms with van der Waals surface area (Å²) in [4.78, 5) is 17.8. The molecular weight excluding hydrogens is 364 g/mol. The summed E-state index contributed by atoms with van der Waals surface area (Å²) in [7, 11) is 0. The van der Waals surface area contributed by atoms with Crippen LogP contribution in [0.3, 0.4) is 0 Å². The molecule has 3 N–H and O–H groups in total. The number of hydrogen-bond donors (Lipinski definition) is 3. The van der Waals surface area contributed by atoms with Crippen molar-refractivity contribution in [3.05, 3.63) is 64.8 Å². The second-order valence-corrected chi connectivity index (χ2v) is 7.00. The van der Waals surface area contributed by atoms with Gasteiger partial charge in [0.15, 0.2) is 0 Å². The largest absolute Gasteiger partial charge is 0.366 e. The lowest BCUT2D eigenvalue weighted by Crippen LogP contribution is -2.41. The molecule has 1 aliphatic rings. The van der Waals surface area contributed by atoms with E-state index in [2.05, 4.69) is 21.3 Å². The number of amides is 1. The van der Waals surface area contributed by atoms with Crippen LogP contribution in [0.2, 0.25) is 5.02 Å². The average Bonchev–Trinajstić information content (AvgIpc) is 2.69. The van der Waals surface area contributed by atoms with Crippen LogP contribution in [0.4, 0.5) is 5.82 Å². The van der Waals surface area contributed by atoms with Crippen LogP contribution in [0, 0.1) is 0 Å². The number of aromatic nitrogens is 1. The molecular formula is C20H23ClN4O2. The van der Waals surface area contributed by atoms with Gasteiger partial charge in [-0.05, 0) is 54.8 Å². The Hall–Kier alpha value is -2.41. The van der Waals surface area contributed by atoms with Crippen LogP contribution in [0.15, 0.2) is 48.7 Å². The van der Waals surface area contributed by atoms with Crippen molar-refractivity contribution in [2.45, 2.75) is 25.4 Å². The molecule has 0 radical (unpaired) electrons. The average molecular weight is 387 g/mol. The highest BCUT2D eigenvalue weighted by Gasteiger charge is 2.20. The van der Waals surface area contributed by atoms with Gasteiger partial charge in [0.2, 0.25) is 0 Å². The monoisotopic (exact) mass is 386 g/mol. The Labute approximate surface area is 163 Å². The van der Waals surface area contributed by atoms with Gasteiger partial charge in [0, 0.05) is 36.4 Å². The Balaban J connectivity index is 1.55. The number of pyridine rings is 1. The first kappa shape index (κ1) is 19.4. The van der Waals surface area contributed by atoms with Crippen LogP contribution >= 0.6 is 11.6 Å². The van der Waals surface area contributed by atoms with E-state index in [-0.39, 0.29) is 0 Å². The minimum absolute atomic E-state index is 0.329. The predicted octanol–water partition coefficient (Wildman–Crippen LogP) is 3.33. The maximum atomic E-state index is 11.0. The number of hydrogen-bond acceptors (Lipinski definition) is 5. The van der Waals surface area contributed by atoms with E-state index in [1.165, 1.54) is 6.08 Å². The summed E-state index contributed by atoms with van der Waals surface area (Å²) in [5, 5.41) is 12.8. The lowest BCUT2D eigenvalue weighted by molar-refractivity contribution is -0.124. The van der Waals surface area contributed by atoms with E-state index in [1.54, 1.807) is 17.8 Å². The fraction of sp³-hybridized carbons (Fsp3) is 0.300. The Morgan fingerprint density at radius 2 is 2.19 bits per heavy atom. The Kier molecular flexibility index (Phi) is 6.81. The molecule has 0 bridgehead atoms. The summed E-state index contributed by atoms with van der Waals surface area (Å²) >= 11 is 6.28. The van der Waals surface area contributed by atoms with Gasteiger partial charge in [0.1, 0.15) is 5.82 Å². The highest BCUT2D eigenvalue weighted by atomic mass is 35.5. The number of hydroxylamine groups is 1. The third-order valence-corrected chi connectivity index (χ3v) is 4.90. The van der Waals surface area contributed by atoms with Crippen molar-refractivity contribution in [2.75, 3.05) is 18.4 Å². The summed E-state index contributed by atoms with van der Waals surface area (Å²) in [6.07, 6.45) is 6.75. The van der Waals surface area contributed by atoms with Crippen LogP contribution in [0.25, 0.3) is 6.08 Å². The van der Waals surface area contributed by atoms with E-state index in [1.807, 2.05) is 30.3 Å². The summed E-state index contributed by atoms with van der Waals surface area (Å²) in [6.45, 7) is 2.85. The first-order chi connectivity index (χ1) is 13.1. The molecule has 1 saturated heterocycles. The molecule has 1 aromatic carbocycles. The number of likely N-dealkylation sites (tertiary alicyclic amines) is 1. The number of piperidine rings is 1. The molecule has 0 aliphatic carbocycles. The summed E-state index contributed by atoms with van der Waals surface area (Å²) < 4.78 is 0. The third-order valence-electron chi connectivity index (χ3n) is 4.53. The zero-order valence-electron chi connectivity index (χ0n) is 14.9. The zero-order chi connectivity index (χ0) is 19.1. The molecule has 7 heteroatoms. The number of carbonyl (C=O) groups excluding carboxylic acids is 1. The summed E-state index contributed by atoms with van der Waals surface area (Å²) in [5.41, 5.74) is 3.49. The number of anilines is 1. The number of nitrogens with zero attached hydrogens (tertiary/aromatic N) is 2. The van der Waals surface area contributed by atoms with Crippen LogP contribution in [0.5, 0.6) is 0 Å². The van der Waals surface area contributed by atoms with Crippen LogP contribution in [-0.2, 0) is 11.3 Å². The molecule has 1 amide bonds. The second-order valence-electron chi connectivity index (χ2n) is 6.60. The number of halogens is 1. The highest BCUT2D eigenvalue weighted by molar-refractivity contribution is 6.31. The van der Waals surface area contributed by atoms with Crippen molar-refractivity contribution in [3.8, 4) is 0 Å². The smallest absolute Gasteiger partial charge is 0.267 e. The topological polar surface area (TPSA) is 77.5 Å². The molecule has 1 fully saturated rings. The lowest BCUT2D eigenvalue weighted by atomic mass is 10.0.